The molecule has 1 fully saturated rings. The molecular weight excluding hydrogens is 488 g/mol. The van der Waals surface area contributed by atoms with E-state index in [1.54, 1.807) is 17.0 Å². The highest BCUT2D eigenvalue weighted by Crippen LogP contribution is 2.50. The standard InChI is InChI=1S/C29H30N2O5S/c1-6-18-11-13-20(14-12-18)31-28(37)30(22-17-29(31,2)36-23-10-8-7-9-21(22)23)27(32)19-15-24(33-3)26(35-5)25(16-19)34-4/h7-16,22H,6,17H2,1-5H3/t22-,29-/m1/s1. The lowest BCUT2D eigenvalue weighted by atomic mass is 9.88. The fourth-order valence-electron chi connectivity index (χ4n) is 5.24. The van der Waals surface area contributed by atoms with Gasteiger partial charge in [0.25, 0.3) is 5.91 Å². The number of ether oxygens (including phenoxy) is 4. The molecule has 2 atom stereocenters. The quantitative estimate of drug-likeness (QED) is 0.385. The molecule has 0 radical (unpaired) electrons. The van der Waals surface area contributed by atoms with Crippen molar-refractivity contribution < 1.29 is 23.7 Å². The Balaban J connectivity index is 1.66. The smallest absolute Gasteiger partial charge is 0.260 e. The van der Waals surface area contributed by atoms with Crippen LogP contribution in [0.15, 0.2) is 60.7 Å². The number of thiocarbonyl (C=S) groups is 1. The molecule has 3 aromatic carbocycles. The molecule has 1 saturated heterocycles. The van der Waals surface area contributed by atoms with Crippen LogP contribution >= 0.6 is 12.2 Å². The summed E-state index contributed by atoms with van der Waals surface area (Å²) >= 11 is 6.06. The zero-order chi connectivity index (χ0) is 26.3. The zero-order valence-electron chi connectivity index (χ0n) is 21.6. The summed E-state index contributed by atoms with van der Waals surface area (Å²) in [6, 6.07) is 19.0. The van der Waals surface area contributed by atoms with E-state index in [9.17, 15) is 4.79 Å². The first kappa shape index (κ1) is 24.9. The van der Waals surface area contributed by atoms with Gasteiger partial charge in [-0.15, -0.1) is 0 Å². The van der Waals surface area contributed by atoms with Crippen molar-refractivity contribution in [2.24, 2.45) is 0 Å². The van der Waals surface area contributed by atoms with E-state index in [2.05, 4.69) is 19.1 Å². The molecule has 192 valence electrons. The third kappa shape index (κ3) is 4.05. The molecule has 0 saturated carbocycles. The van der Waals surface area contributed by atoms with E-state index in [4.69, 9.17) is 31.2 Å². The first-order chi connectivity index (χ1) is 17.8. The first-order valence-corrected chi connectivity index (χ1v) is 12.6. The summed E-state index contributed by atoms with van der Waals surface area (Å²) in [5.41, 5.74) is 2.62. The maximum Gasteiger partial charge on any atom is 0.260 e. The van der Waals surface area contributed by atoms with Crippen LogP contribution in [0, 0.1) is 0 Å². The minimum Gasteiger partial charge on any atom is -0.493 e. The normalized spacial score (nSPS) is 20.1. The van der Waals surface area contributed by atoms with E-state index in [-0.39, 0.29) is 11.9 Å². The van der Waals surface area contributed by atoms with Gasteiger partial charge in [0.05, 0.1) is 27.4 Å². The molecule has 2 bridgehead atoms. The van der Waals surface area contributed by atoms with Crippen molar-refractivity contribution in [2.75, 3.05) is 26.2 Å². The van der Waals surface area contributed by atoms with E-state index in [0.29, 0.717) is 34.3 Å². The number of aryl methyl sites for hydroxylation is 1. The Labute approximate surface area is 222 Å². The Morgan fingerprint density at radius 2 is 1.68 bits per heavy atom. The molecule has 2 heterocycles. The summed E-state index contributed by atoms with van der Waals surface area (Å²) in [5.74, 6) is 1.70. The van der Waals surface area contributed by atoms with Crippen LogP contribution in [0.3, 0.4) is 0 Å². The van der Waals surface area contributed by atoms with Crippen LogP contribution in [0.1, 0.15) is 47.8 Å². The van der Waals surface area contributed by atoms with Crippen LogP contribution in [0.2, 0.25) is 0 Å². The van der Waals surface area contributed by atoms with Gasteiger partial charge in [0.2, 0.25) is 5.75 Å². The SMILES string of the molecule is CCc1ccc(N2C(=S)N(C(=O)c3cc(OC)c(OC)c(OC)c3)[C@@H]3C[C@@]2(C)Oc2ccccc23)cc1. The third-order valence-electron chi connectivity index (χ3n) is 7.10. The number of methoxy groups -OCH3 is 3. The fourth-order valence-corrected chi connectivity index (χ4v) is 5.75. The zero-order valence-corrected chi connectivity index (χ0v) is 22.4. The lowest BCUT2D eigenvalue weighted by Crippen LogP contribution is -2.67. The number of anilines is 1. The number of amides is 1. The van der Waals surface area contributed by atoms with Gasteiger partial charge in [0.1, 0.15) is 5.75 Å². The summed E-state index contributed by atoms with van der Waals surface area (Å²) in [4.78, 5) is 17.9. The van der Waals surface area contributed by atoms with Gasteiger partial charge in [-0.25, -0.2) is 0 Å². The summed E-state index contributed by atoms with van der Waals surface area (Å²) in [6.45, 7) is 4.14. The third-order valence-corrected chi connectivity index (χ3v) is 7.47. The molecule has 7 nitrogen and oxygen atoms in total. The van der Waals surface area contributed by atoms with E-state index in [0.717, 1.165) is 23.4 Å². The molecular formula is C29H30N2O5S. The van der Waals surface area contributed by atoms with Gasteiger partial charge in [0, 0.05) is 23.2 Å². The second kappa shape index (κ2) is 9.59. The molecule has 5 rings (SSSR count). The topological polar surface area (TPSA) is 60.5 Å². The molecule has 8 heteroatoms. The molecule has 0 aromatic heterocycles. The maximum absolute atomic E-state index is 14.3. The van der Waals surface area contributed by atoms with Gasteiger partial charge >= 0.3 is 0 Å². The van der Waals surface area contributed by atoms with Crippen molar-refractivity contribution in [3.8, 4) is 23.0 Å². The molecule has 37 heavy (non-hydrogen) atoms. The molecule has 0 spiro atoms. The number of carbonyl (C=O) groups is 1. The largest absolute Gasteiger partial charge is 0.493 e. The summed E-state index contributed by atoms with van der Waals surface area (Å²) in [7, 11) is 4.58. The average molecular weight is 519 g/mol. The average Bonchev–Trinajstić information content (AvgIpc) is 2.92. The summed E-state index contributed by atoms with van der Waals surface area (Å²) in [6.07, 6.45) is 1.47. The van der Waals surface area contributed by atoms with Gasteiger partial charge in [-0.05, 0) is 61.5 Å². The highest BCUT2D eigenvalue weighted by atomic mass is 32.1. The van der Waals surface area contributed by atoms with E-state index in [1.807, 2.05) is 48.2 Å². The second-order valence-corrected chi connectivity index (χ2v) is 9.63. The Bertz CT molecular complexity index is 1330. The lowest BCUT2D eigenvalue weighted by Gasteiger charge is -2.55. The monoisotopic (exact) mass is 518 g/mol. The Kier molecular flexibility index (Phi) is 6.45. The van der Waals surface area contributed by atoms with Gasteiger partial charge in [-0.3, -0.25) is 14.6 Å². The minimum absolute atomic E-state index is 0.261. The Morgan fingerprint density at radius 1 is 1.03 bits per heavy atom. The number of fused-ring (bicyclic) bond motifs is 4. The van der Waals surface area contributed by atoms with E-state index < -0.39 is 5.72 Å². The van der Waals surface area contributed by atoms with Crippen molar-refractivity contribution in [3.05, 3.63) is 77.4 Å². The van der Waals surface area contributed by atoms with Gasteiger partial charge in [-0.2, -0.15) is 0 Å². The molecule has 0 N–H and O–H groups in total. The van der Waals surface area contributed by atoms with Crippen LogP contribution in [0.5, 0.6) is 23.0 Å². The molecule has 1 amide bonds. The molecule has 0 unspecified atom stereocenters. The molecule has 2 aliphatic rings. The predicted octanol–water partition coefficient (Wildman–Crippen LogP) is 5.76. The van der Waals surface area contributed by atoms with Crippen molar-refractivity contribution in [1.29, 1.82) is 0 Å². The molecule has 0 aliphatic carbocycles. The maximum atomic E-state index is 14.3. The predicted molar refractivity (Wildman–Crippen MR) is 146 cm³/mol. The highest BCUT2D eigenvalue weighted by molar-refractivity contribution is 7.80. The number of nitrogens with zero attached hydrogens (tertiary/aromatic N) is 2. The van der Waals surface area contributed by atoms with E-state index in [1.165, 1.54) is 26.9 Å². The van der Waals surface area contributed by atoms with Crippen molar-refractivity contribution >= 4 is 28.9 Å². The van der Waals surface area contributed by atoms with Gasteiger partial charge in [0.15, 0.2) is 22.3 Å². The molecule has 3 aromatic rings. The van der Waals surface area contributed by atoms with Crippen molar-refractivity contribution in [1.82, 2.24) is 4.90 Å². The number of para-hydroxylation sites is 1. The van der Waals surface area contributed by atoms with Crippen LogP contribution < -0.4 is 23.8 Å². The second-order valence-electron chi connectivity index (χ2n) is 9.26. The Morgan fingerprint density at radius 3 is 2.27 bits per heavy atom. The van der Waals surface area contributed by atoms with Crippen molar-refractivity contribution in [3.63, 3.8) is 0 Å². The van der Waals surface area contributed by atoms with Crippen LogP contribution in [0.25, 0.3) is 0 Å². The minimum atomic E-state index is -0.768. The number of benzene rings is 3. The number of carbonyl (C=O) groups excluding carboxylic acids is 1. The van der Waals surface area contributed by atoms with Gasteiger partial charge in [-0.1, -0.05) is 37.3 Å². The fraction of sp³-hybridized carbons (Fsp3) is 0.310. The van der Waals surface area contributed by atoms with Crippen molar-refractivity contribution in [2.45, 2.75) is 38.5 Å². The van der Waals surface area contributed by atoms with Crippen LogP contribution in [-0.2, 0) is 6.42 Å². The summed E-state index contributed by atoms with van der Waals surface area (Å²) in [5, 5.41) is 0.372. The number of hydrogen-bond donors (Lipinski definition) is 0. The van der Waals surface area contributed by atoms with Crippen LogP contribution in [-0.4, -0.2) is 43.0 Å². The first-order valence-electron chi connectivity index (χ1n) is 12.2. The number of rotatable bonds is 6. The number of hydrogen-bond acceptors (Lipinski definition) is 6. The summed E-state index contributed by atoms with van der Waals surface area (Å²) < 4.78 is 23.0. The van der Waals surface area contributed by atoms with Crippen LogP contribution in [0.4, 0.5) is 5.69 Å². The lowest BCUT2D eigenvalue weighted by molar-refractivity contribution is 0.0184. The Hall–Kier alpha value is -3.78. The highest BCUT2D eigenvalue weighted by Gasteiger charge is 2.53. The van der Waals surface area contributed by atoms with Gasteiger partial charge < -0.3 is 18.9 Å². The molecule has 2 aliphatic heterocycles. The van der Waals surface area contributed by atoms with E-state index >= 15 is 0 Å².